The van der Waals surface area contributed by atoms with Gasteiger partial charge in [0.15, 0.2) is 0 Å². The van der Waals surface area contributed by atoms with Crippen molar-refractivity contribution in [2.24, 2.45) is 5.73 Å². The fraction of sp³-hybridized carbons (Fsp3) is 0.636. The first-order valence-electron chi connectivity index (χ1n) is 5.14. The molecule has 1 fully saturated rings. The number of nitrogens with two attached hydrogens (primary N) is 1. The summed E-state index contributed by atoms with van der Waals surface area (Å²) >= 11 is 5.60. The molecule has 0 spiro atoms. The van der Waals surface area contributed by atoms with Gasteiger partial charge in [0, 0.05) is 19.6 Å². The predicted molar refractivity (Wildman–Crippen MR) is 66.0 cm³/mol. The zero-order chi connectivity index (χ0) is 10.2. The van der Waals surface area contributed by atoms with Crippen LogP contribution in [0, 0.1) is 6.92 Å². The van der Waals surface area contributed by atoms with Gasteiger partial charge in [-0.15, -0.1) is 11.3 Å². The minimum atomic E-state index is 0.423. The highest BCUT2D eigenvalue weighted by Gasteiger charge is 2.40. The quantitative estimate of drug-likeness (QED) is 0.895. The second kappa shape index (κ2) is 3.95. The molecule has 14 heavy (non-hydrogen) atoms. The van der Waals surface area contributed by atoms with Gasteiger partial charge in [-0.3, -0.25) is 0 Å². The van der Waals surface area contributed by atoms with Crippen LogP contribution in [0.4, 0.5) is 0 Å². The highest BCUT2D eigenvalue weighted by atomic mass is 79.9. The van der Waals surface area contributed by atoms with E-state index in [1.807, 2.05) is 11.3 Å². The molecular formula is C11H16BrNS. The van der Waals surface area contributed by atoms with E-state index < -0.39 is 0 Å². The first-order valence-corrected chi connectivity index (χ1v) is 6.75. The molecule has 2 N–H and O–H groups in total. The summed E-state index contributed by atoms with van der Waals surface area (Å²) in [5.74, 6) is 0. The van der Waals surface area contributed by atoms with Gasteiger partial charge in [-0.2, -0.15) is 0 Å². The van der Waals surface area contributed by atoms with Gasteiger partial charge in [0.05, 0.1) is 0 Å². The molecule has 0 unspecified atom stereocenters. The van der Waals surface area contributed by atoms with E-state index in [-0.39, 0.29) is 0 Å². The third-order valence-electron chi connectivity index (χ3n) is 3.23. The molecule has 1 heterocycles. The van der Waals surface area contributed by atoms with Crippen molar-refractivity contribution in [2.75, 3.05) is 6.54 Å². The maximum Gasteiger partial charge on any atom is 0.0322 e. The molecule has 1 aromatic heterocycles. The Morgan fingerprint density at radius 3 is 2.64 bits per heavy atom. The van der Waals surface area contributed by atoms with Crippen molar-refractivity contribution < 1.29 is 0 Å². The van der Waals surface area contributed by atoms with Crippen molar-refractivity contribution in [1.29, 1.82) is 0 Å². The SMILES string of the molecule is Cc1cc(Br)c(C2(CCN)CCC2)s1. The van der Waals surface area contributed by atoms with Crippen LogP contribution in [0.25, 0.3) is 0 Å². The van der Waals surface area contributed by atoms with Gasteiger partial charge in [-0.1, -0.05) is 6.42 Å². The lowest BCUT2D eigenvalue weighted by atomic mass is 9.66. The Labute approximate surface area is 97.8 Å². The van der Waals surface area contributed by atoms with E-state index in [1.165, 1.54) is 33.5 Å². The van der Waals surface area contributed by atoms with E-state index in [0.29, 0.717) is 5.41 Å². The van der Waals surface area contributed by atoms with E-state index >= 15 is 0 Å². The lowest BCUT2D eigenvalue weighted by Crippen LogP contribution is -2.35. The number of hydrogen-bond donors (Lipinski definition) is 1. The van der Waals surface area contributed by atoms with Crippen molar-refractivity contribution in [3.8, 4) is 0 Å². The average molecular weight is 274 g/mol. The summed E-state index contributed by atoms with van der Waals surface area (Å²) in [6.45, 7) is 2.98. The summed E-state index contributed by atoms with van der Waals surface area (Å²) in [7, 11) is 0. The molecule has 0 aromatic carbocycles. The van der Waals surface area contributed by atoms with Gasteiger partial charge >= 0.3 is 0 Å². The van der Waals surface area contributed by atoms with Crippen molar-refractivity contribution in [3.63, 3.8) is 0 Å². The molecule has 1 saturated carbocycles. The Hall–Kier alpha value is 0.140. The summed E-state index contributed by atoms with van der Waals surface area (Å²) in [6, 6.07) is 2.23. The molecule has 78 valence electrons. The third kappa shape index (κ3) is 1.66. The second-order valence-electron chi connectivity index (χ2n) is 4.21. The molecule has 1 nitrogen and oxygen atoms in total. The topological polar surface area (TPSA) is 26.0 Å². The van der Waals surface area contributed by atoms with Gasteiger partial charge < -0.3 is 5.73 Å². The van der Waals surface area contributed by atoms with E-state index in [9.17, 15) is 0 Å². The van der Waals surface area contributed by atoms with Crippen LogP contribution in [0.3, 0.4) is 0 Å². The standard InChI is InChI=1S/C11H16BrNS/c1-8-7-9(12)10(14-8)11(5-6-13)3-2-4-11/h7H,2-6,13H2,1H3. The molecule has 0 radical (unpaired) electrons. The smallest absolute Gasteiger partial charge is 0.0322 e. The van der Waals surface area contributed by atoms with Crippen molar-refractivity contribution in [3.05, 3.63) is 20.3 Å². The molecule has 0 atom stereocenters. The van der Waals surface area contributed by atoms with Crippen LogP contribution in [0.5, 0.6) is 0 Å². The maximum absolute atomic E-state index is 5.71. The number of rotatable bonds is 3. The van der Waals surface area contributed by atoms with E-state index in [2.05, 4.69) is 28.9 Å². The number of hydrogen-bond acceptors (Lipinski definition) is 2. The minimum Gasteiger partial charge on any atom is -0.330 e. The van der Waals surface area contributed by atoms with E-state index in [1.54, 1.807) is 0 Å². The molecular weight excluding hydrogens is 258 g/mol. The van der Waals surface area contributed by atoms with Crippen molar-refractivity contribution in [1.82, 2.24) is 0 Å². The van der Waals surface area contributed by atoms with Crippen LogP contribution in [0.15, 0.2) is 10.5 Å². The Bertz CT molecular complexity index is 328. The molecule has 1 aromatic rings. The Balaban J connectivity index is 2.31. The first kappa shape index (κ1) is 10.7. The molecule has 1 aliphatic carbocycles. The highest BCUT2D eigenvalue weighted by Crippen LogP contribution is 2.51. The Morgan fingerprint density at radius 2 is 2.29 bits per heavy atom. The molecule has 0 aliphatic heterocycles. The lowest BCUT2D eigenvalue weighted by molar-refractivity contribution is 0.234. The van der Waals surface area contributed by atoms with E-state index in [0.717, 1.165) is 13.0 Å². The van der Waals surface area contributed by atoms with Crippen molar-refractivity contribution in [2.45, 2.75) is 38.0 Å². The van der Waals surface area contributed by atoms with Gasteiger partial charge in [-0.05, 0) is 54.7 Å². The van der Waals surface area contributed by atoms with Crippen molar-refractivity contribution >= 4 is 27.3 Å². The molecule has 1 aliphatic rings. The highest BCUT2D eigenvalue weighted by molar-refractivity contribution is 9.10. The van der Waals surface area contributed by atoms with Crippen LogP contribution < -0.4 is 5.73 Å². The lowest BCUT2D eigenvalue weighted by Gasteiger charge is -2.41. The molecule has 0 bridgehead atoms. The molecule has 2 rings (SSSR count). The van der Waals surface area contributed by atoms with Gasteiger partial charge in [0.2, 0.25) is 0 Å². The zero-order valence-electron chi connectivity index (χ0n) is 8.48. The minimum absolute atomic E-state index is 0.423. The van der Waals surface area contributed by atoms with Crippen LogP contribution in [-0.4, -0.2) is 6.54 Å². The van der Waals surface area contributed by atoms with Crippen LogP contribution in [0.2, 0.25) is 0 Å². The summed E-state index contributed by atoms with van der Waals surface area (Å²) in [4.78, 5) is 2.93. The third-order valence-corrected chi connectivity index (χ3v) is 5.41. The zero-order valence-corrected chi connectivity index (χ0v) is 10.9. The predicted octanol–water partition coefficient (Wildman–Crippen LogP) is 3.59. The summed E-state index contributed by atoms with van der Waals surface area (Å²) < 4.78 is 1.30. The maximum atomic E-state index is 5.71. The Kier molecular flexibility index (Phi) is 3.01. The molecule has 0 saturated heterocycles. The monoisotopic (exact) mass is 273 g/mol. The normalized spacial score (nSPS) is 19.4. The summed E-state index contributed by atoms with van der Waals surface area (Å²) in [6.07, 6.45) is 5.15. The van der Waals surface area contributed by atoms with E-state index in [4.69, 9.17) is 5.73 Å². The van der Waals surface area contributed by atoms with Gasteiger partial charge in [0.25, 0.3) is 0 Å². The van der Waals surface area contributed by atoms with Crippen LogP contribution in [0.1, 0.15) is 35.4 Å². The number of thiophene rings is 1. The van der Waals surface area contributed by atoms with Gasteiger partial charge in [0.1, 0.15) is 0 Å². The second-order valence-corrected chi connectivity index (χ2v) is 6.32. The van der Waals surface area contributed by atoms with Crippen LogP contribution >= 0.6 is 27.3 Å². The Morgan fingerprint density at radius 1 is 1.57 bits per heavy atom. The fourth-order valence-corrected chi connectivity index (χ4v) is 4.65. The number of halogens is 1. The summed E-state index contributed by atoms with van der Waals surface area (Å²) in [5.41, 5.74) is 6.13. The molecule has 0 amide bonds. The van der Waals surface area contributed by atoms with Gasteiger partial charge in [-0.25, -0.2) is 0 Å². The fourth-order valence-electron chi connectivity index (χ4n) is 2.32. The summed E-state index contributed by atoms with van der Waals surface area (Å²) in [5, 5.41) is 0. The molecule has 3 heteroatoms. The number of aryl methyl sites for hydroxylation is 1. The largest absolute Gasteiger partial charge is 0.330 e. The average Bonchev–Trinajstić information content (AvgIpc) is 2.38. The first-order chi connectivity index (χ1) is 6.68. The van der Waals surface area contributed by atoms with Crippen LogP contribution in [-0.2, 0) is 5.41 Å².